The third kappa shape index (κ3) is 2.82. The summed E-state index contributed by atoms with van der Waals surface area (Å²) < 4.78 is 1.75. The first-order chi connectivity index (χ1) is 9.11. The Morgan fingerprint density at radius 1 is 1.58 bits per heavy atom. The number of anilines is 1. The molecule has 0 aliphatic heterocycles. The predicted molar refractivity (Wildman–Crippen MR) is 72.1 cm³/mol. The van der Waals surface area contributed by atoms with Crippen LogP contribution in [0.1, 0.15) is 11.3 Å². The van der Waals surface area contributed by atoms with E-state index >= 15 is 0 Å². The van der Waals surface area contributed by atoms with Crippen molar-refractivity contribution in [1.29, 1.82) is 0 Å². The highest BCUT2D eigenvalue weighted by atomic mass is 16.4. The molecule has 0 aliphatic carbocycles. The van der Waals surface area contributed by atoms with Crippen LogP contribution >= 0.6 is 0 Å². The van der Waals surface area contributed by atoms with Gasteiger partial charge in [0.1, 0.15) is 5.69 Å². The van der Waals surface area contributed by atoms with E-state index in [2.05, 4.69) is 15.2 Å². The zero-order valence-electron chi connectivity index (χ0n) is 10.9. The molecule has 0 spiro atoms. The van der Waals surface area contributed by atoms with Gasteiger partial charge in [-0.3, -0.25) is 9.67 Å². The van der Waals surface area contributed by atoms with E-state index < -0.39 is 0 Å². The van der Waals surface area contributed by atoms with Gasteiger partial charge in [0.05, 0.1) is 11.9 Å². The third-order valence-electron chi connectivity index (χ3n) is 2.73. The first-order valence-corrected chi connectivity index (χ1v) is 5.73. The number of nitrogens with zero attached hydrogens (tertiary/aromatic N) is 5. The number of aromatic nitrogens is 3. The minimum atomic E-state index is -0.00589. The summed E-state index contributed by atoms with van der Waals surface area (Å²) in [5, 5.41) is 15.9. The fourth-order valence-electron chi connectivity index (χ4n) is 1.86. The van der Waals surface area contributed by atoms with Gasteiger partial charge in [-0.15, -0.1) is 0 Å². The van der Waals surface area contributed by atoms with Crippen LogP contribution in [0.4, 0.5) is 5.69 Å². The topological polar surface area (TPSA) is 92.6 Å². The minimum absolute atomic E-state index is 0.00589. The van der Waals surface area contributed by atoms with Crippen LogP contribution in [-0.4, -0.2) is 32.9 Å². The molecule has 0 saturated carbocycles. The molecule has 3 N–H and O–H groups in total. The number of hydrogen-bond acceptors (Lipinski definition) is 5. The quantitative estimate of drug-likeness (QED) is 0.362. The fraction of sp³-hybridized carbons (Fsp3) is 0.250. The van der Waals surface area contributed by atoms with Gasteiger partial charge in [0.25, 0.3) is 0 Å². The van der Waals surface area contributed by atoms with E-state index in [1.54, 1.807) is 17.1 Å². The summed E-state index contributed by atoms with van der Waals surface area (Å²) in [5.41, 5.74) is 7.94. The summed E-state index contributed by atoms with van der Waals surface area (Å²) in [6.45, 7) is 0.658. The molecule has 0 unspecified atom stereocenters. The number of nitrogens with two attached hydrogens (primary N) is 1. The zero-order valence-corrected chi connectivity index (χ0v) is 10.9. The monoisotopic (exact) mass is 260 g/mol. The molecule has 0 amide bonds. The smallest absolute Gasteiger partial charge is 0.190 e. The molecule has 0 bridgehead atoms. The Morgan fingerprint density at radius 3 is 3.00 bits per heavy atom. The number of amidine groups is 1. The van der Waals surface area contributed by atoms with Crippen LogP contribution in [0.25, 0.3) is 0 Å². The average molecular weight is 260 g/mol. The van der Waals surface area contributed by atoms with Crippen molar-refractivity contribution in [2.75, 3.05) is 11.9 Å². The molecule has 7 nitrogen and oxygen atoms in total. The molecule has 7 heteroatoms. The van der Waals surface area contributed by atoms with E-state index in [-0.39, 0.29) is 5.84 Å². The molecular formula is C12H16N6O. The van der Waals surface area contributed by atoms with E-state index in [0.717, 1.165) is 11.3 Å². The lowest BCUT2D eigenvalue weighted by molar-refractivity contribution is 0.318. The van der Waals surface area contributed by atoms with Gasteiger partial charge in [-0.1, -0.05) is 5.16 Å². The molecule has 2 rings (SSSR count). The molecule has 0 radical (unpaired) electrons. The first-order valence-electron chi connectivity index (χ1n) is 5.73. The van der Waals surface area contributed by atoms with Crippen molar-refractivity contribution < 1.29 is 5.21 Å². The molecule has 0 fully saturated rings. The van der Waals surface area contributed by atoms with Crippen molar-refractivity contribution in [2.45, 2.75) is 6.54 Å². The molecule has 19 heavy (non-hydrogen) atoms. The van der Waals surface area contributed by atoms with Crippen molar-refractivity contribution in [3.05, 3.63) is 42.0 Å². The summed E-state index contributed by atoms with van der Waals surface area (Å²) >= 11 is 0. The van der Waals surface area contributed by atoms with Gasteiger partial charge in [-0.2, -0.15) is 5.10 Å². The van der Waals surface area contributed by atoms with E-state index in [4.69, 9.17) is 10.9 Å². The van der Waals surface area contributed by atoms with Crippen molar-refractivity contribution >= 4 is 11.5 Å². The number of oxime groups is 1. The third-order valence-corrected chi connectivity index (χ3v) is 2.73. The molecule has 0 atom stereocenters. The van der Waals surface area contributed by atoms with Crippen LogP contribution < -0.4 is 10.6 Å². The number of pyridine rings is 1. The lowest BCUT2D eigenvalue weighted by Gasteiger charge is -2.20. The second-order valence-corrected chi connectivity index (χ2v) is 4.23. The zero-order chi connectivity index (χ0) is 13.8. The Kier molecular flexibility index (Phi) is 3.65. The van der Waals surface area contributed by atoms with Crippen LogP contribution in [0.15, 0.2) is 35.9 Å². The number of hydrogen-bond donors (Lipinski definition) is 2. The fourth-order valence-corrected chi connectivity index (χ4v) is 1.86. The van der Waals surface area contributed by atoms with Gasteiger partial charge in [0.15, 0.2) is 5.84 Å². The Bertz CT molecular complexity index is 591. The normalized spacial score (nSPS) is 11.6. The predicted octanol–water partition coefficient (Wildman–Crippen LogP) is 0.546. The Morgan fingerprint density at radius 2 is 2.37 bits per heavy atom. The molecular weight excluding hydrogens is 244 g/mol. The summed E-state index contributed by atoms with van der Waals surface area (Å²) in [5.74, 6) is -0.00589. The Balaban J connectivity index is 2.26. The van der Waals surface area contributed by atoms with Crippen molar-refractivity contribution in [3.8, 4) is 0 Å². The van der Waals surface area contributed by atoms with Crippen LogP contribution in [0.2, 0.25) is 0 Å². The molecule has 0 saturated heterocycles. The van der Waals surface area contributed by atoms with Crippen LogP contribution in [0.3, 0.4) is 0 Å². The summed E-state index contributed by atoms with van der Waals surface area (Å²) in [6.07, 6.45) is 5.35. The first kappa shape index (κ1) is 12.9. The standard InChI is InChI=1S/C12H16N6O/c1-17(7-9-6-15-18(2)8-9)10-4-3-5-14-11(10)12(13)16-19/h3-6,8,19H,7H2,1-2H3,(H2,13,16). The SMILES string of the molecule is CN(Cc1cnn(C)c1)c1cccnc1/C(N)=N/O. The van der Waals surface area contributed by atoms with E-state index in [9.17, 15) is 0 Å². The van der Waals surface area contributed by atoms with Crippen LogP contribution in [0.5, 0.6) is 0 Å². The maximum Gasteiger partial charge on any atom is 0.190 e. The maximum absolute atomic E-state index is 8.78. The summed E-state index contributed by atoms with van der Waals surface area (Å²) in [4.78, 5) is 6.11. The number of aryl methyl sites for hydroxylation is 1. The van der Waals surface area contributed by atoms with Crippen molar-refractivity contribution in [1.82, 2.24) is 14.8 Å². The summed E-state index contributed by atoms with van der Waals surface area (Å²) in [7, 11) is 3.79. The van der Waals surface area contributed by atoms with Gasteiger partial charge in [0.2, 0.25) is 0 Å². The second-order valence-electron chi connectivity index (χ2n) is 4.23. The lowest BCUT2D eigenvalue weighted by Crippen LogP contribution is -2.23. The Labute approximate surface area is 111 Å². The average Bonchev–Trinajstić information content (AvgIpc) is 2.83. The van der Waals surface area contributed by atoms with Crippen molar-refractivity contribution in [2.24, 2.45) is 17.9 Å². The molecule has 2 aromatic rings. The molecule has 100 valence electrons. The maximum atomic E-state index is 8.78. The van der Waals surface area contributed by atoms with Gasteiger partial charge in [-0.25, -0.2) is 0 Å². The second kappa shape index (κ2) is 5.38. The Hall–Kier alpha value is -2.57. The highest BCUT2D eigenvalue weighted by molar-refractivity contribution is 6.00. The van der Waals surface area contributed by atoms with Gasteiger partial charge < -0.3 is 15.8 Å². The van der Waals surface area contributed by atoms with Crippen LogP contribution in [0, 0.1) is 0 Å². The summed E-state index contributed by atoms with van der Waals surface area (Å²) in [6, 6.07) is 3.68. The molecule has 0 aromatic carbocycles. The molecule has 0 aliphatic rings. The van der Waals surface area contributed by atoms with E-state index in [1.165, 1.54) is 0 Å². The van der Waals surface area contributed by atoms with Crippen molar-refractivity contribution in [3.63, 3.8) is 0 Å². The lowest BCUT2D eigenvalue weighted by atomic mass is 10.2. The molecule has 2 aromatic heterocycles. The van der Waals surface area contributed by atoms with E-state index in [0.29, 0.717) is 12.2 Å². The molecule has 2 heterocycles. The van der Waals surface area contributed by atoms with Gasteiger partial charge in [0, 0.05) is 38.6 Å². The van der Waals surface area contributed by atoms with Gasteiger partial charge >= 0.3 is 0 Å². The minimum Gasteiger partial charge on any atom is -0.409 e. The highest BCUT2D eigenvalue weighted by Gasteiger charge is 2.12. The highest BCUT2D eigenvalue weighted by Crippen LogP contribution is 2.18. The largest absolute Gasteiger partial charge is 0.409 e. The number of rotatable bonds is 4. The van der Waals surface area contributed by atoms with Gasteiger partial charge in [-0.05, 0) is 12.1 Å². The van der Waals surface area contributed by atoms with Crippen LogP contribution in [-0.2, 0) is 13.6 Å². The van der Waals surface area contributed by atoms with E-state index in [1.807, 2.05) is 37.3 Å².